The molecule has 0 aliphatic heterocycles. The lowest BCUT2D eigenvalue weighted by molar-refractivity contribution is -0.145. The molecular formula is C13H16O4. The predicted octanol–water partition coefficient (Wildman–Crippen LogP) is 2.49. The number of esters is 2. The van der Waals surface area contributed by atoms with E-state index in [0.29, 0.717) is 17.7 Å². The van der Waals surface area contributed by atoms with Gasteiger partial charge in [0, 0.05) is 12.5 Å². The van der Waals surface area contributed by atoms with Crippen LogP contribution in [0.4, 0.5) is 0 Å². The minimum atomic E-state index is -0.465. The number of carbonyl (C=O) groups is 2. The number of hydrogen-bond donors (Lipinski definition) is 0. The van der Waals surface area contributed by atoms with Crippen LogP contribution in [0, 0.1) is 0 Å². The summed E-state index contributed by atoms with van der Waals surface area (Å²) in [7, 11) is 0. The van der Waals surface area contributed by atoms with E-state index in [-0.39, 0.29) is 5.97 Å². The number of ether oxygens (including phenoxy) is 2. The van der Waals surface area contributed by atoms with Crippen molar-refractivity contribution in [2.45, 2.75) is 26.9 Å². The van der Waals surface area contributed by atoms with E-state index in [0.717, 1.165) is 0 Å². The van der Waals surface area contributed by atoms with Gasteiger partial charge in [-0.25, -0.2) is 4.79 Å². The van der Waals surface area contributed by atoms with Crippen LogP contribution >= 0.6 is 0 Å². The molecule has 0 N–H and O–H groups in total. The molecule has 1 atom stereocenters. The molecule has 1 aromatic rings. The van der Waals surface area contributed by atoms with Gasteiger partial charge in [0.1, 0.15) is 6.10 Å². The topological polar surface area (TPSA) is 52.6 Å². The normalized spacial score (nSPS) is 11.7. The van der Waals surface area contributed by atoms with Gasteiger partial charge in [0.25, 0.3) is 0 Å². The molecule has 4 nitrogen and oxygen atoms in total. The molecule has 1 rings (SSSR count). The standard InChI is InChI=1S/C13H16O4/c1-4-16-13(15)12-8-6-5-7-11(12)9(2)17-10(3)14/h5-9H,4H2,1-3H3. The monoisotopic (exact) mass is 236 g/mol. The smallest absolute Gasteiger partial charge is 0.338 e. The van der Waals surface area contributed by atoms with Gasteiger partial charge < -0.3 is 9.47 Å². The van der Waals surface area contributed by atoms with Crippen molar-refractivity contribution in [3.63, 3.8) is 0 Å². The molecule has 0 spiro atoms. The summed E-state index contributed by atoms with van der Waals surface area (Å²) in [4.78, 5) is 22.6. The van der Waals surface area contributed by atoms with Gasteiger partial charge >= 0.3 is 11.9 Å². The van der Waals surface area contributed by atoms with Crippen molar-refractivity contribution in [1.29, 1.82) is 0 Å². The Kier molecular flexibility index (Phi) is 4.69. The Hall–Kier alpha value is -1.84. The lowest BCUT2D eigenvalue weighted by atomic mass is 10.0. The molecule has 4 heteroatoms. The van der Waals surface area contributed by atoms with Crippen molar-refractivity contribution in [2.24, 2.45) is 0 Å². The average molecular weight is 236 g/mol. The van der Waals surface area contributed by atoms with Gasteiger partial charge in [0.2, 0.25) is 0 Å². The fourth-order valence-corrected chi connectivity index (χ4v) is 1.56. The molecule has 0 aromatic heterocycles. The van der Waals surface area contributed by atoms with Crippen LogP contribution in [0.25, 0.3) is 0 Å². The van der Waals surface area contributed by atoms with Gasteiger partial charge in [-0.2, -0.15) is 0 Å². The van der Waals surface area contributed by atoms with Crippen molar-refractivity contribution in [1.82, 2.24) is 0 Å². The maximum atomic E-state index is 11.7. The molecular weight excluding hydrogens is 220 g/mol. The van der Waals surface area contributed by atoms with E-state index < -0.39 is 12.1 Å². The van der Waals surface area contributed by atoms with Crippen LogP contribution in [0.3, 0.4) is 0 Å². The summed E-state index contributed by atoms with van der Waals surface area (Å²) in [5.74, 6) is -0.779. The van der Waals surface area contributed by atoms with Crippen molar-refractivity contribution in [2.75, 3.05) is 6.61 Å². The van der Waals surface area contributed by atoms with Gasteiger partial charge in [-0.1, -0.05) is 18.2 Å². The Morgan fingerprint density at radius 3 is 2.53 bits per heavy atom. The second-order valence-electron chi connectivity index (χ2n) is 3.56. The van der Waals surface area contributed by atoms with Crippen LogP contribution in [0.5, 0.6) is 0 Å². The maximum absolute atomic E-state index is 11.7. The maximum Gasteiger partial charge on any atom is 0.338 e. The first-order valence-electron chi connectivity index (χ1n) is 5.49. The average Bonchev–Trinajstić information content (AvgIpc) is 2.28. The largest absolute Gasteiger partial charge is 0.462 e. The zero-order chi connectivity index (χ0) is 12.8. The Morgan fingerprint density at radius 2 is 1.94 bits per heavy atom. The number of carbonyl (C=O) groups excluding carboxylic acids is 2. The summed E-state index contributed by atoms with van der Waals surface area (Å²) in [6.45, 7) is 5.12. The molecule has 92 valence electrons. The highest BCUT2D eigenvalue weighted by Crippen LogP contribution is 2.21. The first-order valence-corrected chi connectivity index (χ1v) is 5.49. The van der Waals surface area contributed by atoms with Crippen LogP contribution < -0.4 is 0 Å². The molecule has 0 amide bonds. The first-order chi connectivity index (χ1) is 8.06. The quantitative estimate of drug-likeness (QED) is 0.754. The summed E-state index contributed by atoms with van der Waals surface area (Å²) in [6, 6.07) is 6.95. The number of rotatable bonds is 4. The Bertz CT molecular complexity index is 412. The fraction of sp³-hybridized carbons (Fsp3) is 0.385. The third kappa shape index (κ3) is 3.59. The zero-order valence-electron chi connectivity index (χ0n) is 10.2. The molecule has 0 radical (unpaired) electrons. The molecule has 0 aliphatic carbocycles. The highest BCUT2D eigenvalue weighted by atomic mass is 16.5. The van der Waals surface area contributed by atoms with E-state index in [1.165, 1.54) is 6.92 Å². The Labute approximate surface area is 101 Å². The van der Waals surface area contributed by atoms with Crippen molar-refractivity contribution in [3.05, 3.63) is 35.4 Å². The van der Waals surface area contributed by atoms with Crippen LogP contribution in [-0.4, -0.2) is 18.5 Å². The van der Waals surface area contributed by atoms with Gasteiger partial charge in [0.15, 0.2) is 0 Å². The second-order valence-corrected chi connectivity index (χ2v) is 3.56. The van der Waals surface area contributed by atoms with Crippen LogP contribution in [0.2, 0.25) is 0 Å². The van der Waals surface area contributed by atoms with Crippen molar-refractivity contribution >= 4 is 11.9 Å². The number of hydrogen-bond acceptors (Lipinski definition) is 4. The SMILES string of the molecule is CCOC(=O)c1ccccc1C(C)OC(C)=O. The van der Waals surface area contributed by atoms with Gasteiger partial charge in [-0.15, -0.1) is 0 Å². The predicted molar refractivity (Wildman–Crippen MR) is 62.6 cm³/mol. The lowest BCUT2D eigenvalue weighted by Gasteiger charge is -2.15. The molecule has 0 saturated carbocycles. The summed E-state index contributed by atoms with van der Waals surface area (Å²) in [5.41, 5.74) is 1.09. The minimum absolute atomic E-state index is 0.315. The zero-order valence-corrected chi connectivity index (χ0v) is 10.2. The fourth-order valence-electron chi connectivity index (χ4n) is 1.56. The third-order valence-electron chi connectivity index (χ3n) is 2.24. The molecule has 0 bridgehead atoms. The molecule has 1 unspecified atom stereocenters. The Morgan fingerprint density at radius 1 is 1.29 bits per heavy atom. The molecule has 0 fully saturated rings. The molecule has 0 heterocycles. The van der Waals surface area contributed by atoms with Crippen molar-refractivity contribution < 1.29 is 19.1 Å². The van der Waals surface area contributed by atoms with E-state index in [9.17, 15) is 9.59 Å². The lowest BCUT2D eigenvalue weighted by Crippen LogP contribution is -2.12. The van der Waals surface area contributed by atoms with Crippen LogP contribution in [-0.2, 0) is 14.3 Å². The summed E-state index contributed by atoms with van der Waals surface area (Å²) < 4.78 is 10.0. The van der Waals surface area contributed by atoms with Gasteiger partial charge in [-0.05, 0) is 19.9 Å². The summed E-state index contributed by atoms with van der Waals surface area (Å²) >= 11 is 0. The second kappa shape index (κ2) is 6.03. The van der Waals surface area contributed by atoms with Crippen LogP contribution in [0.15, 0.2) is 24.3 Å². The minimum Gasteiger partial charge on any atom is -0.462 e. The van der Waals surface area contributed by atoms with E-state index in [4.69, 9.17) is 9.47 Å². The molecule has 17 heavy (non-hydrogen) atoms. The van der Waals surface area contributed by atoms with E-state index in [2.05, 4.69) is 0 Å². The summed E-state index contributed by atoms with van der Waals surface area (Å²) in [5, 5.41) is 0. The highest BCUT2D eigenvalue weighted by Gasteiger charge is 2.18. The van der Waals surface area contributed by atoms with Gasteiger partial charge in [0.05, 0.1) is 12.2 Å². The summed E-state index contributed by atoms with van der Waals surface area (Å²) in [6.07, 6.45) is -0.465. The van der Waals surface area contributed by atoms with E-state index in [1.807, 2.05) is 0 Å². The van der Waals surface area contributed by atoms with Crippen molar-refractivity contribution in [3.8, 4) is 0 Å². The van der Waals surface area contributed by atoms with Crippen LogP contribution in [0.1, 0.15) is 42.8 Å². The molecule has 1 aromatic carbocycles. The van der Waals surface area contributed by atoms with E-state index >= 15 is 0 Å². The van der Waals surface area contributed by atoms with E-state index in [1.54, 1.807) is 38.1 Å². The Balaban J connectivity index is 2.98. The van der Waals surface area contributed by atoms with Gasteiger partial charge in [-0.3, -0.25) is 4.79 Å². The molecule has 0 aliphatic rings. The molecule has 0 saturated heterocycles. The highest BCUT2D eigenvalue weighted by molar-refractivity contribution is 5.91. The number of benzene rings is 1. The first kappa shape index (κ1) is 13.2. The third-order valence-corrected chi connectivity index (χ3v) is 2.24.